The summed E-state index contributed by atoms with van der Waals surface area (Å²) in [7, 11) is 0. The number of pyridine rings is 1. The molecule has 0 aliphatic carbocycles. The molecule has 1 heterocycles. The van der Waals surface area contributed by atoms with E-state index in [1.165, 1.54) is 13.1 Å². The second-order valence-corrected chi connectivity index (χ2v) is 3.93. The number of hydrogen-bond acceptors (Lipinski definition) is 3. The highest BCUT2D eigenvalue weighted by Gasteiger charge is 2.19. The lowest BCUT2D eigenvalue weighted by Gasteiger charge is -2.16. The first-order valence-electron chi connectivity index (χ1n) is 3.77. The van der Waals surface area contributed by atoms with Gasteiger partial charge in [-0.15, -0.1) is 0 Å². The van der Waals surface area contributed by atoms with E-state index in [4.69, 9.17) is 5.73 Å². The Kier molecular flexibility index (Phi) is 3.57. The van der Waals surface area contributed by atoms with E-state index in [9.17, 15) is 9.50 Å². The third kappa shape index (κ3) is 2.35. The molecule has 0 radical (unpaired) electrons. The molecule has 13 heavy (non-hydrogen) atoms. The minimum absolute atomic E-state index is 0.276. The predicted molar refractivity (Wildman–Crippen MR) is 55.5 cm³/mol. The van der Waals surface area contributed by atoms with Crippen LogP contribution in [0.1, 0.15) is 18.5 Å². The van der Waals surface area contributed by atoms with Gasteiger partial charge >= 0.3 is 0 Å². The largest absolute Gasteiger partial charge is 0.391 e. The minimum Gasteiger partial charge on any atom is -0.391 e. The molecule has 1 aromatic rings. The molecular weight excluding hydrogens is 286 g/mol. The van der Waals surface area contributed by atoms with Gasteiger partial charge in [0.15, 0.2) is 0 Å². The van der Waals surface area contributed by atoms with Crippen LogP contribution in [0.15, 0.2) is 12.3 Å². The van der Waals surface area contributed by atoms with Gasteiger partial charge in [-0.1, -0.05) is 0 Å². The average molecular weight is 296 g/mol. The summed E-state index contributed by atoms with van der Waals surface area (Å²) < 4.78 is 13.8. The zero-order valence-corrected chi connectivity index (χ0v) is 9.19. The van der Waals surface area contributed by atoms with E-state index in [1.54, 1.807) is 6.07 Å². The Hall–Kier alpha value is -0.270. The van der Waals surface area contributed by atoms with Crippen LogP contribution in [0.2, 0.25) is 0 Å². The minimum atomic E-state index is -0.785. The highest BCUT2D eigenvalue weighted by Crippen LogP contribution is 2.22. The number of halogens is 2. The maximum Gasteiger partial charge on any atom is 0.218 e. The van der Waals surface area contributed by atoms with Gasteiger partial charge in [-0.05, 0) is 35.6 Å². The normalized spacial score (nSPS) is 15.5. The molecule has 2 atom stereocenters. The van der Waals surface area contributed by atoms with Crippen molar-refractivity contribution in [1.82, 2.24) is 4.98 Å². The standard InChI is InChI=1S/C8H10FIN2O/c1-4(13)7(11)6-5(10)2-3-12-8(6)9/h2-4,7,13H,11H2,1H3. The van der Waals surface area contributed by atoms with Crippen LogP contribution in [-0.4, -0.2) is 16.2 Å². The first-order chi connectivity index (χ1) is 6.04. The van der Waals surface area contributed by atoms with Crippen molar-refractivity contribution in [2.75, 3.05) is 0 Å². The van der Waals surface area contributed by atoms with Crippen molar-refractivity contribution in [2.45, 2.75) is 19.1 Å². The third-order valence-corrected chi connectivity index (χ3v) is 2.68. The van der Waals surface area contributed by atoms with Crippen LogP contribution in [0, 0.1) is 9.52 Å². The molecule has 2 unspecified atom stereocenters. The Bertz CT molecular complexity index is 286. The molecule has 1 aromatic heterocycles. The van der Waals surface area contributed by atoms with Gasteiger partial charge in [0, 0.05) is 15.3 Å². The Labute approximate surface area is 89.3 Å². The highest BCUT2D eigenvalue weighted by molar-refractivity contribution is 14.1. The molecular formula is C8H10FIN2O. The zero-order valence-electron chi connectivity index (χ0n) is 7.04. The second-order valence-electron chi connectivity index (χ2n) is 2.76. The van der Waals surface area contributed by atoms with E-state index < -0.39 is 18.1 Å². The van der Waals surface area contributed by atoms with Crippen LogP contribution < -0.4 is 5.73 Å². The summed E-state index contributed by atoms with van der Waals surface area (Å²) in [6.07, 6.45) is 0.585. The second kappa shape index (κ2) is 4.30. The quantitative estimate of drug-likeness (QED) is 0.637. The molecule has 0 fully saturated rings. The summed E-state index contributed by atoms with van der Waals surface area (Å²) in [5.74, 6) is -0.611. The van der Waals surface area contributed by atoms with Crippen LogP contribution in [-0.2, 0) is 0 Å². The molecule has 0 bridgehead atoms. The van der Waals surface area contributed by atoms with Gasteiger partial charge in [-0.25, -0.2) is 4.98 Å². The van der Waals surface area contributed by atoms with E-state index in [0.29, 0.717) is 3.57 Å². The number of hydrogen-bond donors (Lipinski definition) is 2. The van der Waals surface area contributed by atoms with Crippen LogP contribution >= 0.6 is 22.6 Å². The molecule has 0 aliphatic heterocycles. The predicted octanol–water partition coefficient (Wildman–Crippen LogP) is 1.21. The van der Waals surface area contributed by atoms with E-state index >= 15 is 0 Å². The fourth-order valence-electron chi connectivity index (χ4n) is 0.964. The molecule has 5 heteroatoms. The summed E-state index contributed by atoms with van der Waals surface area (Å²) in [6.45, 7) is 1.52. The third-order valence-electron chi connectivity index (χ3n) is 1.74. The molecule has 0 amide bonds. The number of nitrogens with zero attached hydrogens (tertiary/aromatic N) is 1. The Morgan fingerprint density at radius 3 is 2.77 bits per heavy atom. The Morgan fingerprint density at radius 1 is 1.69 bits per heavy atom. The fraction of sp³-hybridized carbons (Fsp3) is 0.375. The molecule has 72 valence electrons. The monoisotopic (exact) mass is 296 g/mol. The lowest BCUT2D eigenvalue weighted by molar-refractivity contribution is 0.161. The van der Waals surface area contributed by atoms with Gasteiger partial charge in [-0.2, -0.15) is 4.39 Å². The van der Waals surface area contributed by atoms with Crippen LogP contribution in [0.3, 0.4) is 0 Å². The van der Waals surface area contributed by atoms with Gasteiger partial charge < -0.3 is 10.8 Å². The number of rotatable bonds is 2. The van der Waals surface area contributed by atoms with Crippen molar-refractivity contribution in [3.05, 3.63) is 27.3 Å². The van der Waals surface area contributed by atoms with E-state index in [1.807, 2.05) is 22.6 Å². The van der Waals surface area contributed by atoms with Gasteiger partial charge in [0.25, 0.3) is 0 Å². The molecule has 0 spiro atoms. The van der Waals surface area contributed by atoms with E-state index in [-0.39, 0.29) is 5.56 Å². The number of aliphatic hydroxyl groups excluding tert-OH is 1. The summed E-state index contributed by atoms with van der Waals surface area (Å²) >= 11 is 1.96. The zero-order chi connectivity index (χ0) is 10.0. The highest BCUT2D eigenvalue weighted by atomic mass is 127. The van der Waals surface area contributed by atoms with Crippen LogP contribution in [0.25, 0.3) is 0 Å². The molecule has 3 N–H and O–H groups in total. The topological polar surface area (TPSA) is 59.1 Å². The lowest BCUT2D eigenvalue weighted by atomic mass is 10.1. The molecule has 0 aromatic carbocycles. The summed E-state index contributed by atoms with van der Waals surface area (Å²) in [5, 5.41) is 9.20. The van der Waals surface area contributed by atoms with Crippen molar-refractivity contribution in [3.8, 4) is 0 Å². The summed E-state index contributed by atoms with van der Waals surface area (Å²) in [4.78, 5) is 3.48. The van der Waals surface area contributed by atoms with Crippen molar-refractivity contribution in [2.24, 2.45) is 5.73 Å². The Morgan fingerprint density at radius 2 is 2.31 bits per heavy atom. The number of aromatic nitrogens is 1. The van der Waals surface area contributed by atoms with Crippen molar-refractivity contribution < 1.29 is 9.50 Å². The molecule has 0 aliphatic rings. The van der Waals surface area contributed by atoms with Crippen LogP contribution in [0.4, 0.5) is 4.39 Å². The molecule has 1 rings (SSSR count). The molecule has 0 saturated heterocycles. The SMILES string of the molecule is CC(O)C(N)c1c(I)ccnc1F. The maximum atomic E-state index is 13.2. The van der Waals surface area contributed by atoms with Gasteiger partial charge in [0.2, 0.25) is 5.95 Å². The smallest absolute Gasteiger partial charge is 0.218 e. The first kappa shape index (κ1) is 10.8. The average Bonchev–Trinajstić information content (AvgIpc) is 2.03. The van der Waals surface area contributed by atoms with Crippen molar-refractivity contribution in [1.29, 1.82) is 0 Å². The maximum absolute atomic E-state index is 13.2. The number of aliphatic hydroxyl groups is 1. The van der Waals surface area contributed by atoms with Gasteiger partial charge in [-0.3, -0.25) is 0 Å². The molecule has 0 saturated carbocycles. The van der Waals surface area contributed by atoms with Crippen LogP contribution in [0.5, 0.6) is 0 Å². The van der Waals surface area contributed by atoms with Crippen molar-refractivity contribution >= 4 is 22.6 Å². The van der Waals surface area contributed by atoms with Gasteiger partial charge in [0.05, 0.1) is 12.1 Å². The van der Waals surface area contributed by atoms with E-state index in [2.05, 4.69) is 4.98 Å². The van der Waals surface area contributed by atoms with Gasteiger partial charge in [0.1, 0.15) is 0 Å². The fourth-order valence-corrected chi connectivity index (χ4v) is 1.71. The van der Waals surface area contributed by atoms with Crippen molar-refractivity contribution in [3.63, 3.8) is 0 Å². The summed E-state index contributed by atoms with van der Waals surface area (Å²) in [6, 6.07) is 0.932. The van der Waals surface area contributed by atoms with E-state index in [0.717, 1.165) is 0 Å². The Balaban J connectivity index is 3.12. The summed E-state index contributed by atoms with van der Waals surface area (Å²) in [5.41, 5.74) is 5.88. The number of nitrogens with two attached hydrogens (primary N) is 1. The lowest BCUT2D eigenvalue weighted by Crippen LogP contribution is -2.25. The first-order valence-corrected chi connectivity index (χ1v) is 4.85. The molecule has 3 nitrogen and oxygen atoms in total.